The van der Waals surface area contributed by atoms with E-state index in [4.69, 9.17) is 9.15 Å². The summed E-state index contributed by atoms with van der Waals surface area (Å²) >= 11 is 1.13. The molecule has 0 saturated carbocycles. The first-order valence-electron chi connectivity index (χ1n) is 8.10. The number of benzene rings is 2. The Balaban J connectivity index is 1.41. The van der Waals surface area contributed by atoms with E-state index in [1.165, 1.54) is 0 Å². The van der Waals surface area contributed by atoms with Crippen molar-refractivity contribution in [3.05, 3.63) is 60.2 Å². The molecule has 3 aromatic rings. The average molecular weight is 370 g/mol. The molecule has 6 nitrogen and oxygen atoms in total. The van der Waals surface area contributed by atoms with Crippen LogP contribution in [0.1, 0.15) is 18.5 Å². The highest BCUT2D eigenvalue weighted by molar-refractivity contribution is 7.99. The predicted molar refractivity (Wildman–Crippen MR) is 98.7 cm³/mol. The molecule has 1 aromatic heterocycles. The maximum Gasteiger partial charge on any atom is 0.316 e. The quantitative estimate of drug-likeness (QED) is 0.507. The van der Waals surface area contributed by atoms with Crippen LogP contribution in [-0.2, 0) is 14.3 Å². The number of aromatic nitrogens is 1. The van der Waals surface area contributed by atoms with Crippen LogP contribution in [-0.4, -0.2) is 29.2 Å². The average Bonchev–Trinajstić information content (AvgIpc) is 3.08. The van der Waals surface area contributed by atoms with Gasteiger partial charge in [-0.15, -0.1) is 0 Å². The number of nitrogens with one attached hydrogen (secondary N) is 1. The van der Waals surface area contributed by atoms with Crippen molar-refractivity contribution in [2.24, 2.45) is 0 Å². The van der Waals surface area contributed by atoms with E-state index in [1.54, 1.807) is 0 Å². The lowest BCUT2D eigenvalue weighted by Gasteiger charge is -2.14. The van der Waals surface area contributed by atoms with Crippen molar-refractivity contribution in [1.82, 2.24) is 10.3 Å². The summed E-state index contributed by atoms with van der Waals surface area (Å²) < 4.78 is 10.5. The van der Waals surface area contributed by atoms with Crippen LogP contribution >= 0.6 is 11.8 Å². The third kappa shape index (κ3) is 4.86. The number of fused-ring (bicyclic) bond motifs is 1. The highest BCUT2D eigenvalue weighted by Gasteiger charge is 2.13. The van der Waals surface area contributed by atoms with Crippen LogP contribution in [0.2, 0.25) is 0 Å². The summed E-state index contributed by atoms with van der Waals surface area (Å²) in [4.78, 5) is 28.0. The Morgan fingerprint density at radius 2 is 1.88 bits per heavy atom. The number of carbonyl (C=O) groups is 2. The maximum absolute atomic E-state index is 11.9. The van der Waals surface area contributed by atoms with E-state index in [2.05, 4.69) is 10.3 Å². The first-order chi connectivity index (χ1) is 12.6. The van der Waals surface area contributed by atoms with Crippen molar-refractivity contribution >= 4 is 34.7 Å². The molecule has 0 aliphatic carbocycles. The molecule has 7 heteroatoms. The summed E-state index contributed by atoms with van der Waals surface area (Å²) in [5.74, 6) is -0.824. The van der Waals surface area contributed by atoms with E-state index < -0.39 is 5.97 Å². The molecule has 134 valence electrons. The molecule has 2 aromatic carbocycles. The highest BCUT2D eigenvalue weighted by atomic mass is 32.2. The lowest BCUT2D eigenvalue weighted by Crippen LogP contribution is -2.31. The fourth-order valence-electron chi connectivity index (χ4n) is 2.33. The molecule has 0 fully saturated rings. The number of amides is 1. The van der Waals surface area contributed by atoms with Gasteiger partial charge in [-0.05, 0) is 24.6 Å². The van der Waals surface area contributed by atoms with Crippen LogP contribution in [0.5, 0.6) is 0 Å². The second-order valence-corrected chi connectivity index (χ2v) is 6.52. The van der Waals surface area contributed by atoms with Gasteiger partial charge in [-0.1, -0.05) is 54.2 Å². The molecule has 26 heavy (non-hydrogen) atoms. The van der Waals surface area contributed by atoms with Crippen molar-refractivity contribution in [2.45, 2.75) is 18.2 Å². The molecular formula is C19H18N2O4S. The topological polar surface area (TPSA) is 81.4 Å². The summed E-state index contributed by atoms with van der Waals surface area (Å²) in [5, 5.41) is 3.18. The van der Waals surface area contributed by atoms with Gasteiger partial charge in [0.2, 0.25) is 0 Å². The second-order valence-electron chi connectivity index (χ2n) is 5.60. The zero-order valence-corrected chi connectivity index (χ0v) is 15.0. The van der Waals surface area contributed by atoms with E-state index in [0.29, 0.717) is 10.8 Å². The van der Waals surface area contributed by atoms with Crippen molar-refractivity contribution < 1.29 is 18.7 Å². The van der Waals surface area contributed by atoms with Gasteiger partial charge < -0.3 is 14.5 Å². The molecule has 0 aliphatic heterocycles. The summed E-state index contributed by atoms with van der Waals surface area (Å²) in [5.41, 5.74) is 2.38. The van der Waals surface area contributed by atoms with Crippen LogP contribution in [0.4, 0.5) is 0 Å². The molecule has 0 radical (unpaired) electrons. The molecule has 1 amide bonds. The van der Waals surface area contributed by atoms with E-state index >= 15 is 0 Å². The van der Waals surface area contributed by atoms with Crippen LogP contribution in [0.25, 0.3) is 11.1 Å². The van der Waals surface area contributed by atoms with Crippen LogP contribution in [0.15, 0.2) is 64.2 Å². The minimum atomic E-state index is -0.500. The summed E-state index contributed by atoms with van der Waals surface area (Å²) in [6.07, 6.45) is 0. The Hall–Kier alpha value is -2.80. The number of nitrogens with zero attached hydrogens (tertiary/aromatic N) is 1. The SMILES string of the molecule is C[C@@H](NC(=O)COC(=O)CSc1nc2ccccc2o1)c1ccccc1. The van der Waals surface area contributed by atoms with Crippen molar-refractivity contribution in [2.75, 3.05) is 12.4 Å². The zero-order chi connectivity index (χ0) is 18.4. The minimum Gasteiger partial charge on any atom is -0.455 e. The van der Waals surface area contributed by atoms with Crippen molar-refractivity contribution in [3.63, 3.8) is 0 Å². The number of ether oxygens (including phenoxy) is 1. The molecule has 0 saturated heterocycles. The standard InChI is InChI=1S/C19H18N2O4S/c1-13(14-7-3-2-4-8-14)20-17(22)11-24-18(23)12-26-19-21-15-9-5-6-10-16(15)25-19/h2-10,13H,11-12H2,1H3,(H,20,22)/t13-/m1/s1. The monoisotopic (exact) mass is 370 g/mol. The lowest BCUT2D eigenvalue weighted by atomic mass is 10.1. The molecule has 0 bridgehead atoms. The van der Waals surface area contributed by atoms with Crippen molar-refractivity contribution in [1.29, 1.82) is 0 Å². The number of oxazole rings is 1. The number of rotatable bonds is 7. The van der Waals surface area contributed by atoms with Gasteiger partial charge >= 0.3 is 5.97 Å². The number of carbonyl (C=O) groups excluding carboxylic acids is 2. The lowest BCUT2D eigenvalue weighted by molar-refractivity contribution is -0.146. The van der Waals surface area contributed by atoms with E-state index in [9.17, 15) is 9.59 Å². The smallest absolute Gasteiger partial charge is 0.316 e. The van der Waals surface area contributed by atoms with Crippen LogP contribution in [0, 0.1) is 0 Å². The fourth-order valence-corrected chi connectivity index (χ4v) is 2.97. The van der Waals surface area contributed by atoms with Gasteiger partial charge in [-0.2, -0.15) is 0 Å². The van der Waals surface area contributed by atoms with Crippen LogP contribution in [0.3, 0.4) is 0 Å². The Bertz CT molecular complexity index is 862. The number of hydrogen-bond donors (Lipinski definition) is 1. The number of thioether (sulfide) groups is 1. The largest absolute Gasteiger partial charge is 0.455 e. The first kappa shape index (κ1) is 18.0. The Morgan fingerprint density at radius 3 is 2.65 bits per heavy atom. The van der Waals surface area contributed by atoms with Gasteiger partial charge in [-0.3, -0.25) is 9.59 Å². The second kappa shape index (κ2) is 8.53. The van der Waals surface area contributed by atoms with Gasteiger partial charge in [0.25, 0.3) is 11.1 Å². The van der Waals surface area contributed by atoms with Gasteiger partial charge in [0, 0.05) is 0 Å². The Labute approximate surface area is 154 Å². The van der Waals surface area contributed by atoms with Crippen LogP contribution < -0.4 is 5.32 Å². The number of esters is 1. The molecule has 3 rings (SSSR count). The first-order valence-corrected chi connectivity index (χ1v) is 9.08. The molecule has 0 unspecified atom stereocenters. The minimum absolute atomic E-state index is 0.0222. The molecule has 0 aliphatic rings. The predicted octanol–water partition coefficient (Wildman–Crippen LogP) is 3.34. The molecule has 0 spiro atoms. The van der Waals surface area contributed by atoms with Gasteiger partial charge in [-0.25, -0.2) is 4.98 Å². The molecular weight excluding hydrogens is 352 g/mol. The Morgan fingerprint density at radius 1 is 1.15 bits per heavy atom. The molecule has 1 N–H and O–H groups in total. The molecule has 1 atom stereocenters. The van der Waals surface area contributed by atoms with Gasteiger partial charge in [0.1, 0.15) is 11.3 Å². The summed E-state index contributed by atoms with van der Waals surface area (Å²) in [7, 11) is 0. The van der Waals surface area contributed by atoms with Gasteiger partial charge in [0.15, 0.2) is 12.2 Å². The van der Waals surface area contributed by atoms with Gasteiger partial charge in [0.05, 0.1) is 6.04 Å². The normalized spacial score (nSPS) is 11.9. The third-order valence-electron chi connectivity index (χ3n) is 3.63. The number of hydrogen-bond acceptors (Lipinski definition) is 6. The van der Waals surface area contributed by atoms with E-state index in [-0.39, 0.29) is 24.3 Å². The molecule has 1 heterocycles. The highest BCUT2D eigenvalue weighted by Crippen LogP contribution is 2.23. The van der Waals surface area contributed by atoms with Crippen molar-refractivity contribution in [3.8, 4) is 0 Å². The Kier molecular flexibility index (Phi) is 5.91. The number of para-hydroxylation sites is 2. The van der Waals surface area contributed by atoms with E-state index in [0.717, 1.165) is 22.8 Å². The fraction of sp³-hybridized carbons (Fsp3) is 0.211. The van der Waals surface area contributed by atoms with E-state index in [1.807, 2.05) is 61.5 Å². The maximum atomic E-state index is 11.9. The summed E-state index contributed by atoms with van der Waals surface area (Å²) in [6.45, 7) is 1.56. The zero-order valence-electron chi connectivity index (χ0n) is 14.2. The third-order valence-corrected chi connectivity index (χ3v) is 4.43. The summed E-state index contributed by atoms with van der Waals surface area (Å²) in [6, 6.07) is 16.8.